The normalized spacial score (nSPS) is 22.1. The van der Waals surface area contributed by atoms with Gasteiger partial charge >= 0.3 is 0 Å². The number of hydrogen-bond donors (Lipinski definition) is 1. The Balaban J connectivity index is 2.05. The Bertz CT molecular complexity index is 366. The number of carbonyl (C=O) groups is 1. The lowest BCUT2D eigenvalue weighted by molar-refractivity contribution is -0.135. The Morgan fingerprint density at radius 2 is 2.47 bits per heavy atom. The van der Waals surface area contributed by atoms with Crippen molar-refractivity contribution in [2.24, 2.45) is 5.73 Å². The molecule has 1 unspecified atom stereocenters. The molecule has 5 heteroatoms. The summed E-state index contributed by atoms with van der Waals surface area (Å²) in [5.41, 5.74) is 5.74. The second-order valence-electron chi connectivity index (χ2n) is 3.70. The van der Waals surface area contributed by atoms with Gasteiger partial charge in [0.05, 0.1) is 12.6 Å². The molecule has 2 rings (SSSR count). The van der Waals surface area contributed by atoms with E-state index in [9.17, 15) is 4.79 Å². The zero-order valence-corrected chi connectivity index (χ0v) is 10.7. The predicted octanol–water partition coefficient (Wildman–Crippen LogP) is 1.96. The molecule has 1 amide bonds. The van der Waals surface area contributed by atoms with E-state index in [2.05, 4.69) is 15.9 Å². The fourth-order valence-corrected chi connectivity index (χ4v) is 3.23. The van der Waals surface area contributed by atoms with Gasteiger partial charge < -0.3 is 10.6 Å². The third kappa shape index (κ3) is 2.41. The lowest BCUT2D eigenvalue weighted by Crippen LogP contribution is -2.47. The van der Waals surface area contributed by atoms with E-state index in [1.165, 1.54) is 4.88 Å². The van der Waals surface area contributed by atoms with Crippen molar-refractivity contribution in [2.45, 2.75) is 25.4 Å². The SMILES string of the molecule is NC1CCCN(Cc2sccc2Br)C1=O. The van der Waals surface area contributed by atoms with E-state index in [1.54, 1.807) is 11.3 Å². The molecule has 1 atom stereocenters. The maximum Gasteiger partial charge on any atom is 0.239 e. The molecule has 2 N–H and O–H groups in total. The maximum absolute atomic E-state index is 11.8. The summed E-state index contributed by atoms with van der Waals surface area (Å²) in [5.74, 6) is 0.0848. The van der Waals surface area contributed by atoms with E-state index in [4.69, 9.17) is 5.73 Å². The molecule has 2 heterocycles. The number of carbonyl (C=O) groups excluding carboxylic acids is 1. The largest absolute Gasteiger partial charge is 0.336 e. The van der Waals surface area contributed by atoms with Crippen LogP contribution in [-0.2, 0) is 11.3 Å². The monoisotopic (exact) mass is 288 g/mol. The second kappa shape index (κ2) is 4.63. The molecule has 0 radical (unpaired) electrons. The average Bonchev–Trinajstić information content (AvgIpc) is 2.60. The minimum Gasteiger partial charge on any atom is -0.336 e. The van der Waals surface area contributed by atoms with Gasteiger partial charge in [-0.2, -0.15) is 0 Å². The molecule has 1 saturated heterocycles. The molecule has 1 aromatic rings. The summed E-state index contributed by atoms with van der Waals surface area (Å²) in [6.07, 6.45) is 1.83. The Morgan fingerprint density at radius 1 is 1.67 bits per heavy atom. The predicted molar refractivity (Wildman–Crippen MR) is 64.6 cm³/mol. The number of nitrogens with two attached hydrogens (primary N) is 1. The lowest BCUT2D eigenvalue weighted by atomic mass is 10.1. The highest BCUT2D eigenvalue weighted by Gasteiger charge is 2.26. The van der Waals surface area contributed by atoms with Gasteiger partial charge in [0.2, 0.25) is 5.91 Å². The lowest BCUT2D eigenvalue weighted by Gasteiger charge is -2.30. The van der Waals surface area contributed by atoms with Crippen molar-refractivity contribution in [3.63, 3.8) is 0 Å². The van der Waals surface area contributed by atoms with Gasteiger partial charge in [-0.15, -0.1) is 11.3 Å². The van der Waals surface area contributed by atoms with Gasteiger partial charge in [0.15, 0.2) is 0 Å². The van der Waals surface area contributed by atoms with Crippen molar-refractivity contribution in [1.82, 2.24) is 4.90 Å². The summed E-state index contributed by atoms with van der Waals surface area (Å²) in [7, 11) is 0. The van der Waals surface area contributed by atoms with Crippen LogP contribution in [0, 0.1) is 0 Å². The Kier molecular flexibility index (Phi) is 3.43. The summed E-state index contributed by atoms with van der Waals surface area (Å²) in [4.78, 5) is 14.8. The molecular weight excluding hydrogens is 276 g/mol. The summed E-state index contributed by atoms with van der Waals surface area (Å²) in [6, 6.07) is 1.71. The van der Waals surface area contributed by atoms with Gasteiger partial charge in [-0.1, -0.05) is 0 Å². The van der Waals surface area contributed by atoms with Gasteiger partial charge in [-0.25, -0.2) is 0 Å². The number of thiophene rings is 1. The first-order valence-electron chi connectivity index (χ1n) is 4.94. The van der Waals surface area contributed by atoms with Crippen molar-refractivity contribution in [1.29, 1.82) is 0 Å². The summed E-state index contributed by atoms with van der Waals surface area (Å²) in [6.45, 7) is 1.52. The molecule has 15 heavy (non-hydrogen) atoms. The number of piperidine rings is 1. The first-order valence-corrected chi connectivity index (χ1v) is 6.62. The van der Waals surface area contributed by atoms with Gasteiger partial charge in [-0.3, -0.25) is 4.79 Å². The topological polar surface area (TPSA) is 46.3 Å². The zero-order chi connectivity index (χ0) is 10.8. The van der Waals surface area contributed by atoms with Gasteiger partial charge in [0.1, 0.15) is 0 Å². The Morgan fingerprint density at radius 3 is 3.13 bits per heavy atom. The summed E-state index contributed by atoms with van der Waals surface area (Å²) >= 11 is 5.13. The molecule has 1 aromatic heterocycles. The van der Waals surface area contributed by atoms with E-state index in [0.717, 1.165) is 23.9 Å². The number of amides is 1. The van der Waals surface area contributed by atoms with Crippen LogP contribution >= 0.6 is 27.3 Å². The van der Waals surface area contributed by atoms with Crippen LogP contribution in [0.25, 0.3) is 0 Å². The van der Waals surface area contributed by atoms with Crippen LogP contribution in [0.4, 0.5) is 0 Å². The van der Waals surface area contributed by atoms with Crippen LogP contribution in [0.3, 0.4) is 0 Å². The van der Waals surface area contributed by atoms with Gasteiger partial charge in [0.25, 0.3) is 0 Å². The molecule has 0 spiro atoms. The Labute approximate surface area is 101 Å². The summed E-state index contributed by atoms with van der Waals surface area (Å²) in [5, 5.41) is 2.02. The van der Waals surface area contributed by atoms with Crippen molar-refractivity contribution >= 4 is 33.2 Å². The highest BCUT2D eigenvalue weighted by atomic mass is 79.9. The minimum absolute atomic E-state index is 0.0848. The summed E-state index contributed by atoms with van der Waals surface area (Å²) < 4.78 is 1.08. The smallest absolute Gasteiger partial charge is 0.239 e. The third-order valence-electron chi connectivity index (χ3n) is 2.60. The fraction of sp³-hybridized carbons (Fsp3) is 0.500. The van der Waals surface area contributed by atoms with E-state index in [1.807, 2.05) is 16.3 Å². The Hall–Kier alpha value is -0.390. The number of hydrogen-bond acceptors (Lipinski definition) is 3. The van der Waals surface area contributed by atoms with E-state index < -0.39 is 0 Å². The van der Waals surface area contributed by atoms with Gasteiger partial charge in [-0.05, 0) is 40.2 Å². The number of likely N-dealkylation sites (tertiary alicyclic amines) is 1. The highest BCUT2D eigenvalue weighted by Crippen LogP contribution is 2.25. The molecule has 3 nitrogen and oxygen atoms in total. The number of halogens is 1. The molecular formula is C10H13BrN2OS. The van der Waals surface area contributed by atoms with E-state index >= 15 is 0 Å². The third-order valence-corrected chi connectivity index (χ3v) is 4.51. The van der Waals surface area contributed by atoms with Crippen LogP contribution in [0.5, 0.6) is 0 Å². The van der Waals surface area contributed by atoms with Crippen molar-refractivity contribution < 1.29 is 4.79 Å². The average molecular weight is 289 g/mol. The second-order valence-corrected chi connectivity index (χ2v) is 5.56. The molecule has 82 valence electrons. The van der Waals surface area contributed by atoms with Crippen molar-refractivity contribution in [2.75, 3.05) is 6.54 Å². The maximum atomic E-state index is 11.8. The van der Waals surface area contributed by atoms with E-state index in [0.29, 0.717) is 6.54 Å². The van der Waals surface area contributed by atoms with Gasteiger partial charge in [0, 0.05) is 15.9 Å². The first kappa shape index (κ1) is 11.1. The molecule has 0 saturated carbocycles. The molecule has 0 aliphatic carbocycles. The molecule has 1 fully saturated rings. The highest BCUT2D eigenvalue weighted by molar-refractivity contribution is 9.10. The molecule has 0 aromatic carbocycles. The standard InChI is InChI=1S/C10H13BrN2OS/c11-7-3-5-15-9(7)6-13-4-1-2-8(12)10(13)14/h3,5,8H,1-2,4,6,12H2. The van der Waals surface area contributed by atoms with Crippen LogP contribution in [-0.4, -0.2) is 23.4 Å². The van der Waals surface area contributed by atoms with Crippen LogP contribution in [0.2, 0.25) is 0 Å². The van der Waals surface area contributed by atoms with Crippen LogP contribution < -0.4 is 5.73 Å². The first-order chi connectivity index (χ1) is 7.18. The quantitative estimate of drug-likeness (QED) is 0.904. The number of rotatable bonds is 2. The molecule has 1 aliphatic rings. The van der Waals surface area contributed by atoms with Crippen LogP contribution in [0.1, 0.15) is 17.7 Å². The minimum atomic E-state index is -0.294. The van der Waals surface area contributed by atoms with Crippen LogP contribution in [0.15, 0.2) is 15.9 Å². The van der Waals surface area contributed by atoms with Crippen molar-refractivity contribution in [3.8, 4) is 0 Å². The molecule has 0 bridgehead atoms. The number of nitrogens with zero attached hydrogens (tertiary/aromatic N) is 1. The van der Waals surface area contributed by atoms with E-state index in [-0.39, 0.29) is 11.9 Å². The molecule has 1 aliphatic heterocycles. The fourth-order valence-electron chi connectivity index (χ4n) is 1.74. The van der Waals surface area contributed by atoms with Crippen molar-refractivity contribution in [3.05, 3.63) is 20.8 Å². The zero-order valence-electron chi connectivity index (χ0n) is 8.28.